The molecule has 3 aromatic rings. The maximum Gasteiger partial charge on any atom is 0.150 e. The molecule has 4 nitrogen and oxygen atoms in total. The fraction of sp³-hybridized carbons (Fsp3) is 0.526. The van der Waals surface area contributed by atoms with Crippen LogP contribution >= 0.6 is 0 Å². The van der Waals surface area contributed by atoms with E-state index in [2.05, 4.69) is 12.1 Å². The molecule has 0 aliphatic heterocycles. The Morgan fingerprint density at radius 1 is 0.477 bits per heavy atom. The van der Waals surface area contributed by atoms with E-state index in [1.54, 1.807) is 12.1 Å². The van der Waals surface area contributed by atoms with E-state index in [0.29, 0.717) is 22.9 Å². The van der Waals surface area contributed by atoms with Crippen LogP contribution in [0.1, 0.15) is 88.2 Å². The molecule has 44 heavy (non-hydrogen) atoms. The molecule has 4 N–H and O–H groups in total. The van der Waals surface area contributed by atoms with Crippen molar-refractivity contribution in [2.75, 3.05) is 11.5 Å². The van der Waals surface area contributed by atoms with E-state index < -0.39 is 0 Å². The Balaban J connectivity index is 1.24. The molecule has 8 fully saturated rings. The molecule has 8 bridgehead atoms. The highest BCUT2D eigenvalue weighted by Crippen LogP contribution is 2.66. The van der Waals surface area contributed by atoms with Crippen LogP contribution in [0, 0.1) is 47.1 Å². The molecule has 8 aliphatic carbocycles. The van der Waals surface area contributed by atoms with Gasteiger partial charge in [0, 0.05) is 23.3 Å². The number of nitrogen functional groups attached to an aromatic ring is 2. The molecule has 0 heterocycles. The summed E-state index contributed by atoms with van der Waals surface area (Å²) < 4.78 is 41.8. The second-order valence-electron chi connectivity index (χ2n) is 15.8. The van der Waals surface area contributed by atoms with Gasteiger partial charge < -0.3 is 20.9 Å². The van der Waals surface area contributed by atoms with E-state index in [1.165, 1.54) is 73.9 Å². The first kappa shape index (κ1) is 27.1. The summed E-state index contributed by atoms with van der Waals surface area (Å²) in [5.41, 5.74) is 15.7. The van der Waals surface area contributed by atoms with Gasteiger partial charge in [-0.2, -0.15) is 0 Å². The van der Waals surface area contributed by atoms with Crippen molar-refractivity contribution >= 4 is 11.4 Å². The Labute approximate surface area is 258 Å². The maximum atomic E-state index is 14.1. The average molecular weight is 597 g/mol. The Bertz CT molecular complexity index is 1460. The number of ether oxygens (including phenoxy) is 2. The molecule has 0 spiro atoms. The van der Waals surface area contributed by atoms with E-state index in [9.17, 15) is 8.78 Å². The van der Waals surface area contributed by atoms with Gasteiger partial charge in [-0.25, -0.2) is 8.78 Å². The molecule has 8 saturated carbocycles. The lowest BCUT2D eigenvalue weighted by molar-refractivity contribution is -0.00823. The molecular formula is C38H42F2N2O2. The van der Waals surface area contributed by atoms with Gasteiger partial charge in [0.25, 0.3) is 0 Å². The number of halogens is 2. The number of hydrogen-bond donors (Lipinski definition) is 2. The van der Waals surface area contributed by atoms with Gasteiger partial charge in [0.1, 0.15) is 23.1 Å². The van der Waals surface area contributed by atoms with Crippen molar-refractivity contribution < 1.29 is 18.3 Å². The molecule has 0 unspecified atom stereocenters. The van der Waals surface area contributed by atoms with E-state index in [-0.39, 0.29) is 22.5 Å². The maximum absolute atomic E-state index is 14.1. The van der Waals surface area contributed by atoms with Gasteiger partial charge in [-0.05, 0) is 160 Å². The number of rotatable bonds is 6. The van der Waals surface area contributed by atoms with Crippen molar-refractivity contribution in [3.63, 3.8) is 0 Å². The van der Waals surface area contributed by atoms with Crippen LogP contribution < -0.4 is 20.9 Å². The standard InChI is InChI=1S/C38H42F2N2O2/c39-27-1-3-33(31(41)11-27)43-35-13-30(38-18-24-8-25(19-38)10-26(9-24)20-38)36(44-34-4-2-28(40)12-32(34)42)14-29(35)37-15-21-5-22(16-37)7-23(6-21)17-37/h1-4,11-14,21-26H,5-10,15-20,41-42H2. The fourth-order valence-corrected chi connectivity index (χ4v) is 11.9. The van der Waals surface area contributed by atoms with Crippen LogP contribution in [0.3, 0.4) is 0 Å². The van der Waals surface area contributed by atoms with Gasteiger partial charge in [-0.3, -0.25) is 0 Å². The predicted octanol–water partition coefficient (Wildman–Crippen LogP) is 9.65. The summed E-state index contributed by atoms with van der Waals surface area (Å²) in [5, 5.41) is 0. The van der Waals surface area contributed by atoms with E-state index >= 15 is 0 Å². The van der Waals surface area contributed by atoms with Crippen molar-refractivity contribution in [1.82, 2.24) is 0 Å². The number of benzene rings is 3. The second-order valence-corrected chi connectivity index (χ2v) is 15.8. The molecule has 3 aromatic carbocycles. The minimum atomic E-state index is -0.369. The third-order valence-electron chi connectivity index (χ3n) is 12.7. The molecule has 0 radical (unpaired) electrons. The summed E-state index contributed by atoms with van der Waals surface area (Å²) in [6.45, 7) is 0. The van der Waals surface area contributed by atoms with Crippen LogP contribution in [0.4, 0.5) is 20.2 Å². The molecule has 0 aromatic heterocycles. The second kappa shape index (κ2) is 9.61. The van der Waals surface area contributed by atoms with Crippen LogP contribution in [0.2, 0.25) is 0 Å². The van der Waals surface area contributed by atoms with Crippen LogP contribution in [-0.2, 0) is 10.8 Å². The number of anilines is 2. The summed E-state index contributed by atoms with van der Waals surface area (Å²) >= 11 is 0. The van der Waals surface area contributed by atoms with Crippen LogP contribution in [-0.4, -0.2) is 0 Å². The number of nitrogens with two attached hydrogens (primary N) is 2. The van der Waals surface area contributed by atoms with Gasteiger partial charge in [0.2, 0.25) is 0 Å². The normalized spacial score (nSPS) is 36.1. The van der Waals surface area contributed by atoms with E-state index in [0.717, 1.165) is 85.5 Å². The minimum Gasteiger partial charge on any atom is -0.455 e. The minimum absolute atomic E-state index is 0.00528. The Morgan fingerprint density at radius 3 is 1.09 bits per heavy atom. The zero-order chi connectivity index (χ0) is 29.8. The summed E-state index contributed by atoms with van der Waals surface area (Å²) in [6.07, 6.45) is 14.9. The SMILES string of the molecule is Nc1cc(F)ccc1Oc1cc(C23CC4CC(CC(C4)C2)C3)c(Oc2ccc(F)cc2N)cc1C12CC3CC(CC(C3)C1)C2. The quantitative estimate of drug-likeness (QED) is 0.278. The molecule has 230 valence electrons. The molecule has 6 heteroatoms. The van der Waals surface area contributed by atoms with E-state index in [1.807, 2.05) is 0 Å². The van der Waals surface area contributed by atoms with Crippen molar-refractivity contribution in [3.8, 4) is 23.0 Å². The molecule has 0 amide bonds. The summed E-state index contributed by atoms with van der Waals surface area (Å²) in [4.78, 5) is 0. The zero-order valence-electron chi connectivity index (χ0n) is 25.3. The highest BCUT2D eigenvalue weighted by molar-refractivity contribution is 5.61. The Hall–Kier alpha value is -3.28. The largest absolute Gasteiger partial charge is 0.455 e. The predicted molar refractivity (Wildman–Crippen MR) is 168 cm³/mol. The van der Waals surface area contributed by atoms with Crippen LogP contribution in [0.15, 0.2) is 48.5 Å². The summed E-state index contributed by atoms with van der Waals surface area (Å²) in [5.74, 6) is 6.37. The summed E-state index contributed by atoms with van der Waals surface area (Å²) in [6, 6.07) is 13.4. The molecule has 11 rings (SSSR count). The topological polar surface area (TPSA) is 70.5 Å². The highest BCUT2D eigenvalue weighted by atomic mass is 19.1. The average Bonchev–Trinajstić information content (AvgIpc) is 2.95. The first-order valence-corrected chi connectivity index (χ1v) is 16.9. The molecule has 0 atom stereocenters. The highest BCUT2D eigenvalue weighted by Gasteiger charge is 2.55. The lowest BCUT2D eigenvalue weighted by Gasteiger charge is -2.58. The monoisotopic (exact) mass is 596 g/mol. The van der Waals surface area contributed by atoms with E-state index in [4.69, 9.17) is 20.9 Å². The van der Waals surface area contributed by atoms with Crippen molar-refractivity contribution in [2.45, 2.75) is 87.9 Å². The third-order valence-corrected chi connectivity index (χ3v) is 12.7. The van der Waals surface area contributed by atoms with Crippen molar-refractivity contribution in [3.05, 3.63) is 71.3 Å². The van der Waals surface area contributed by atoms with Gasteiger partial charge in [0.15, 0.2) is 11.5 Å². The van der Waals surface area contributed by atoms with Gasteiger partial charge in [-0.15, -0.1) is 0 Å². The molecule has 8 aliphatic rings. The summed E-state index contributed by atoms with van der Waals surface area (Å²) in [7, 11) is 0. The lowest BCUT2D eigenvalue weighted by Crippen LogP contribution is -2.49. The molecule has 0 saturated heterocycles. The third kappa shape index (κ3) is 4.34. The van der Waals surface area contributed by atoms with Gasteiger partial charge in [-0.1, -0.05) is 0 Å². The fourth-order valence-electron chi connectivity index (χ4n) is 11.9. The van der Waals surface area contributed by atoms with Crippen LogP contribution in [0.25, 0.3) is 0 Å². The zero-order valence-corrected chi connectivity index (χ0v) is 25.3. The lowest BCUT2D eigenvalue weighted by atomic mass is 9.47. The first-order valence-electron chi connectivity index (χ1n) is 16.9. The van der Waals surface area contributed by atoms with Crippen molar-refractivity contribution in [2.24, 2.45) is 35.5 Å². The Morgan fingerprint density at radius 2 is 0.795 bits per heavy atom. The van der Waals surface area contributed by atoms with Gasteiger partial charge in [0.05, 0.1) is 11.4 Å². The Kier molecular flexibility index (Phi) is 5.91. The first-order chi connectivity index (χ1) is 21.2. The number of hydrogen-bond acceptors (Lipinski definition) is 4. The molecular weight excluding hydrogens is 554 g/mol. The van der Waals surface area contributed by atoms with Gasteiger partial charge >= 0.3 is 0 Å². The van der Waals surface area contributed by atoms with Crippen molar-refractivity contribution in [1.29, 1.82) is 0 Å². The van der Waals surface area contributed by atoms with Crippen LogP contribution in [0.5, 0.6) is 23.0 Å². The smallest absolute Gasteiger partial charge is 0.150 e.